The Morgan fingerprint density at radius 2 is 2.23 bits per heavy atom. The summed E-state index contributed by atoms with van der Waals surface area (Å²) in [6.07, 6.45) is 11.8. The summed E-state index contributed by atoms with van der Waals surface area (Å²) in [5, 5.41) is 4.49. The number of rotatable bonds is 3. The van der Waals surface area contributed by atoms with Gasteiger partial charge in [-0.2, -0.15) is 5.10 Å². The molecule has 6 heteroatoms. The Morgan fingerprint density at radius 1 is 1.32 bits per heavy atom. The highest BCUT2D eigenvalue weighted by atomic mass is 15.3. The normalized spacial score (nSPS) is 18.4. The lowest BCUT2D eigenvalue weighted by Crippen LogP contribution is -2.13. The highest BCUT2D eigenvalue weighted by Gasteiger charge is 2.17. The second-order valence-electron chi connectivity index (χ2n) is 6.05. The smallest absolute Gasteiger partial charge is 0.176 e. The molecule has 0 fully saturated rings. The van der Waals surface area contributed by atoms with Gasteiger partial charge in [0.2, 0.25) is 0 Å². The number of H-pyrrole nitrogens is 1. The number of hydrogen-bond donors (Lipinski definition) is 1. The van der Waals surface area contributed by atoms with Crippen molar-refractivity contribution in [3.63, 3.8) is 0 Å². The summed E-state index contributed by atoms with van der Waals surface area (Å²) in [5.74, 6) is 2.49. The maximum atomic E-state index is 4.75. The lowest BCUT2D eigenvalue weighted by atomic mass is 9.94. The molecule has 0 spiro atoms. The van der Waals surface area contributed by atoms with Crippen LogP contribution in [0.4, 0.5) is 0 Å². The van der Waals surface area contributed by atoms with Crippen molar-refractivity contribution >= 4 is 11.2 Å². The van der Waals surface area contributed by atoms with Gasteiger partial charge in [-0.05, 0) is 32.1 Å². The number of imidazole rings is 2. The van der Waals surface area contributed by atoms with Crippen LogP contribution in [0.15, 0.2) is 24.5 Å². The highest BCUT2D eigenvalue weighted by Crippen LogP contribution is 2.24. The minimum absolute atomic E-state index is 0.659. The van der Waals surface area contributed by atoms with Gasteiger partial charge in [0.15, 0.2) is 11.5 Å². The fourth-order valence-electron chi connectivity index (χ4n) is 3.09. The van der Waals surface area contributed by atoms with E-state index in [1.165, 1.54) is 12.8 Å². The molecule has 1 N–H and O–H groups in total. The van der Waals surface area contributed by atoms with Gasteiger partial charge in [-0.1, -0.05) is 12.2 Å². The summed E-state index contributed by atoms with van der Waals surface area (Å²) in [4.78, 5) is 12.4. The van der Waals surface area contributed by atoms with Gasteiger partial charge >= 0.3 is 0 Å². The molecule has 3 aromatic heterocycles. The third-order valence-electron chi connectivity index (χ3n) is 4.55. The van der Waals surface area contributed by atoms with E-state index in [0.29, 0.717) is 5.92 Å². The van der Waals surface area contributed by atoms with Crippen molar-refractivity contribution in [3.05, 3.63) is 30.4 Å². The summed E-state index contributed by atoms with van der Waals surface area (Å²) >= 11 is 0. The van der Waals surface area contributed by atoms with Crippen LogP contribution in [0.25, 0.3) is 22.7 Å². The minimum Gasteiger partial charge on any atom is -0.334 e. The van der Waals surface area contributed by atoms with Crippen LogP contribution in [0.3, 0.4) is 0 Å². The van der Waals surface area contributed by atoms with Crippen LogP contribution in [0.1, 0.15) is 25.1 Å². The van der Waals surface area contributed by atoms with Crippen molar-refractivity contribution in [2.24, 2.45) is 13.0 Å². The number of aryl methyl sites for hydroxylation is 1. The van der Waals surface area contributed by atoms with Gasteiger partial charge in [0.05, 0.1) is 12.4 Å². The Balaban J connectivity index is 1.67. The molecule has 0 bridgehead atoms. The van der Waals surface area contributed by atoms with E-state index in [1.807, 2.05) is 35.6 Å². The van der Waals surface area contributed by atoms with Gasteiger partial charge in [0.1, 0.15) is 17.0 Å². The van der Waals surface area contributed by atoms with Gasteiger partial charge in [-0.3, -0.25) is 0 Å². The topological polar surface area (TPSA) is 64.3 Å². The van der Waals surface area contributed by atoms with Crippen LogP contribution < -0.4 is 0 Å². The van der Waals surface area contributed by atoms with Crippen molar-refractivity contribution in [3.8, 4) is 11.5 Å². The Bertz CT molecular complexity index is 834. The third kappa shape index (κ3) is 2.15. The summed E-state index contributed by atoms with van der Waals surface area (Å²) in [7, 11) is 2.01. The maximum absolute atomic E-state index is 4.75. The fourth-order valence-corrected chi connectivity index (χ4v) is 3.09. The monoisotopic (exact) mass is 296 g/mol. The van der Waals surface area contributed by atoms with E-state index in [0.717, 1.165) is 41.5 Å². The molecule has 6 nitrogen and oxygen atoms in total. The molecule has 0 radical (unpaired) electrons. The molecule has 1 aliphatic rings. The Morgan fingerprint density at radius 3 is 2.95 bits per heavy atom. The fraction of sp³-hybridized carbons (Fsp3) is 0.438. The minimum atomic E-state index is 0.659. The van der Waals surface area contributed by atoms with Crippen LogP contribution in [-0.2, 0) is 13.6 Å². The number of nitrogens with one attached hydrogen (secondary N) is 1. The molecule has 0 saturated heterocycles. The van der Waals surface area contributed by atoms with Crippen molar-refractivity contribution in [2.45, 2.75) is 32.7 Å². The molecule has 0 saturated carbocycles. The standard InChI is InChI=1S/C16H20N6/c1-11-17-9-14(21(11)2)15-19-13-8-18-22(16(13)20-15)10-12-6-4-3-5-7-12/h3-4,8-9,12H,5-7,10H2,1-2H3,(H,19,20)/t12-/m1/s1. The molecule has 4 rings (SSSR count). The zero-order valence-corrected chi connectivity index (χ0v) is 13.0. The number of aromatic nitrogens is 6. The predicted octanol–water partition coefficient (Wildman–Crippen LogP) is 2.82. The van der Waals surface area contributed by atoms with Gasteiger partial charge in [-0.15, -0.1) is 0 Å². The first kappa shape index (κ1) is 13.3. The Labute approximate surface area is 128 Å². The average Bonchev–Trinajstić information content (AvgIpc) is 3.18. The Hall–Kier alpha value is -2.37. The van der Waals surface area contributed by atoms with Crippen molar-refractivity contribution in [2.75, 3.05) is 0 Å². The van der Waals surface area contributed by atoms with Crippen molar-refractivity contribution in [1.29, 1.82) is 0 Å². The summed E-state index contributed by atoms with van der Waals surface area (Å²) < 4.78 is 4.07. The largest absolute Gasteiger partial charge is 0.334 e. The lowest BCUT2D eigenvalue weighted by molar-refractivity contribution is 0.395. The average molecular weight is 296 g/mol. The number of nitrogens with zero attached hydrogens (tertiary/aromatic N) is 5. The molecule has 22 heavy (non-hydrogen) atoms. The molecule has 0 amide bonds. The molecule has 0 aliphatic heterocycles. The number of allylic oxidation sites excluding steroid dienone is 2. The second kappa shape index (κ2) is 5.12. The molecule has 3 heterocycles. The first-order chi connectivity index (χ1) is 10.7. The SMILES string of the molecule is Cc1ncc(-c2nc3c(cnn3C[C@@H]3CC=CCC3)[nH]2)n1C. The molecule has 1 atom stereocenters. The molecular formula is C16H20N6. The van der Waals surface area contributed by atoms with Crippen LogP contribution >= 0.6 is 0 Å². The van der Waals surface area contributed by atoms with E-state index in [2.05, 4.69) is 27.2 Å². The van der Waals surface area contributed by atoms with E-state index < -0.39 is 0 Å². The number of aromatic amines is 1. The number of fused-ring (bicyclic) bond motifs is 1. The summed E-state index contributed by atoms with van der Waals surface area (Å²) in [6, 6.07) is 0. The highest BCUT2D eigenvalue weighted by molar-refractivity contribution is 5.75. The van der Waals surface area contributed by atoms with E-state index in [1.54, 1.807) is 0 Å². The van der Waals surface area contributed by atoms with Crippen LogP contribution in [0, 0.1) is 12.8 Å². The van der Waals surface area contributed by atoms with Gasteiger partial charge in [0, 0.05) is 13.6 Å². The molecule has 1 aliphatic carbocycles. The Kier molecular flexibility index (Phi) is 3.10. The van der Waals surface area contributed by atoms with Crippen LogP contribution in [0.5, 0.6) is 0 Å². The van der Waals surface area contributed by atoms with Crippen molar-refractivity contribution in [1.82, 2.24) is 29.3 Å². The van der Waals surface area contributed by atoms with Crippen molar-refractivity contribution < 1.29 is 0 Å². The van der Waals surface area contributed by atoms with E-state index in [-0.39, 0.29) is 0 Å². The first-order valence-corrected chi connectivity index (χ1v) is 7.77. The van der Waals surface area contributed by atoms with E-state index in [9.17, 15) is 0 Å². The number of hydrogen-bond acceptors (Lipinski definition) is 3. The summed E-state index contributed by atoms with van der Waals surface area (Å²) in [6.45, 7) is 2.92. The second-order valence-corrected chi connectivity index (χ2v) is 6.05. The quantitative estimate of drug-likeness (QED) is 0.756. The van der Waals surface area contributed by atoms with E-state index >= 15 is 0 Å². The van der Waals surface area contributed by atoms with Gasteiger partial charge < -0.3 is 9.55 Å². The molecule has 114 valence electrons. The third-order valence-corrected chi connectivity index (χ3v) is 4.55. The lowest BCUT2D eigenvalue weighted by Gasteiger charge is -2.17. The maximum Gasteiger partial charge on any atom is 0.176 e. The van der Waals surface area contributed by atoms with Crippen LogP contribution in [-0.4, -0.2) is 29.3 Å². The summed E-state index contributed by atoms with van der Waals surface area (Å²) in [5.41, 5.74) is 2.92. The molecule has 3 aromatic rings. The van der Waals surface area contributed by atoms with Crippen LogP contribution in [0.2, 0.25) is 0 Å². The predicted molar refractivity (Wildman–Crippen MR) is 85.3 cm³/mol. The molecule has 0 aromatic carbocycles. The van der Waals surface area contributed by atoms with Gasteiger partial charge in [0.25, 0.3) is 0 Å². The molecular weight excluding hydrogens is 276 g/mol. The first-order valence-electron chi connectivity index (χ1n) is 7.77. The van der Waals surface area contributed by atoms with Gasteiger partial charge in [-0.25, -0.2) is 14.6 Å². The zero-order chi connectivity index (χ0) is 15.1. The van der Waals surface area contributed by atoms with E-state index in [4.69, 9.17) is 4.98 Å². The molecule has 0 unspecified atom stereocenters. The zero-order valence-electron chi connectivity index (χ0n) is 13.0.